The molecule has 3 aliphatic carbocycles. The molecule has 4 atom stereocenters. The van der Waals surface area contributed by atoms with Crippen molar-refractivity contribution in [3.8, 4) is 5.75 Å². The van der Waals surface area contributed by atoms with Gasteiger partial charge in [-0.1, -0.05) is 0 Å². The number of phenolic OH excluding ortho intramolecular Hbond substituents is 1. The third-order valence-electron chi connectivity index (χ3n) is 8.77. The highest BCUT2D eigenvalue weighted by atomic mass is 19.1. The van der Waals surface area contributed by atoms with Gasteiger partial charge in [-0.15, -0.1) is 0 Å². The van der Waals surface area contributed by atoms with Crippen molar-refractivity contribution in [2.75, 3.05) is 20.6 Å². The third kappa shape index (κ3) is 3.31. The average molecular weight is 530 g/mol. The zero-order valence-corrected chi connectivity index (χ0v) is 21.7. The molecule has 1 aromatic carbocycles. The van der Waals surface area contributed by atoms with Crippen LogP contribution in [-0.2, 0) is 33.8 Å². The van der Waals surface area contributed by atoms with Crippen LogP contribution in [0.15, 0.2) is 16.9 Å². The van der Waals surface area contributed by atoms with E-state index in [4.69, 9.17) is 5.73 Å². The topological polar surface area (TPSA) is 165 Å². The fourth-order valence-electron chi connectivity index (χ4n) is 6.85. The highest BCUT2D eigenvalue weighted by molar-refractivity contribution is 6.24. The standard InChI is InChI=1S/C27H32FN3O7/c1-10(2)31-6-5-12-14(9-31)19(28)13-7-11-8-15-20(30(3)4)23(34)18(26(29)37)25(36)27(15,38)24(35)16(11)22(33)17(13)21(12)32/h10-11,15,20,32-33,36,38H,5-9H2,1-4H3,(H2,29,37)/t11-,15-,20-,27-/m0/s1. The molecule has 6 N–H and O–H groups in total. The number of nitrogens with two attached hydrogens (primary N) is 1. The summed E-state index contributed by atoms with van der Waals surface area (Å²) in [6.45, 7) is 4.86. The zero-order chi connectivity index (χ0) is 28.0. The average Bonchev–Trinajstić information content (AvgIpc) is 2.83. The zero-order valence-electron chi connectivity index (χ0n) is 21.7. The van der Waals surface area contributed by atoms with Gasteiger partial charge in [0, 0.05) is 47.3 Å². The molecule has 0 spiro atoms. The predicted molar refractivity (Wildman–Crippen MR) is 133 cm³/mol. The minimum absolute atomic E-state index is 0.0666. The molecule has 0 saturated heterocycles. The number of benzene rings is 1. The van der Waals surface area contributed by atoms with Crippen LogP contribution < -0.4 is 5.73 Å². The van der Waals surface area contributed by atoms with Crippen LogP contribution in [-0.4, -0.2) is 86.0 Å². The van der Waals surface area contributed by atoms with Gasteiger partial charge in [0.15, 0.2) is 11.4 Å². The van der Waals surface area contributed by atoms with Gasteiger partial charge in [0.1, 0.15) is 28.7 Å². The van der Waals surface area contributed by atoms with E-state index in [0.29, 0.717) is 24.1 Å². The molecule has 0 unspecified atom stereocenters. The molecule has 1 heterocycles. The van der Waals surface area contributed by atoms with Crippen molar-refractivity contribution in [2.24, 2.45) is 17.6 Å². The summed E-state index contributed by atoms with van der Waals surface area (Å²) in [6.07, 6.45) is 0.192. The molecule has 204 valence electrons. The van der Waals surface area contributed by atoms with E-state index in [1.165, 1.54) is 19.0 Å². The van der Waals surface area contributed by atoms with E-state index in [0.717, 1.165) is 0 Å². The van der Waals surface area contributed by atoms with Crippen molar-refractivity contribution >= 4 is 23.2 Å². The number of primary amides is 1. The lowest BCUT2D eigenvalue weighted by molar-refractivity contribution is -0.153. The number of Topliss-reactive ketones (excluding diaryl/α,β-unsaturated/α-hetero) is 2. The van der Waals surface area contributed by atoms with E-state index < -0.39 is 63.9 Å². The van der Waals surface area contributed by atoms with Crippen LogP contribution in [0.2, 0.25) is 0 Å². The number of rotatable bonds is 3. The van der Waals surface area contributed by atoms with Gasteiger partial charge < -0.3 is 26.2 Å². The fraction of sp³-hybridized carbons (Fsp3) is 0.519. The molecular weight excluding hydrogens is 497 g/mol. The van der Waals surface area contributed by atoms with E-state index in [-0.39, 0.29) is 47.9 Å². The number of ketones is 2. The van der Waals surface area contributed by atoms with Gasteiger partial charge in [0.2, 0.25) is 5.78 Å². The molecule has 5 rings (SSSR count). The van der Waals surface area contributed by atoms with Gasteiger partial charge in [-0.05, 0) is 53.1 Å². The Morgan fingerprint density at radius 1 is 1.16 bits per heavy atom. The molecule has 4 aliphatic rings. The number of likely N-dealkylation sites (N-methyl/N-ethyl adjacent to an activating group) is 1. The first-order chi connectivity index (χ1) is 17.7. The van der Waals surface area contributed by atoms with Crippen molar-refractivity contribution in [1.82, 2.24) is 9.80 Å². The molecule has 1 aliphatic heterocycles. The Kier molecular flexibility index (Phi) is 5.97. The number of aliphatic hydroxyl groups is 3. The number of carbonyl (C=O) groups excluding carboxylic acids is 3. The second-order valence-electron chi connectivity index (χ2n) is 11.2. The number of amides is 1. The number of phenols is 1. The third-order valence-corrected chi connectivity index (χ3v) is 8.77. The Hall–Kier alpha value is -3.28. The number of aromatic hydroxyl groups is 1. The molecule has 0 aromatic heterocycles. The van der Waals surface area contributed by atoms with E-state index in [9.17, 15) is 34.8 Å². The van der Waals surface area contributed by atoms with Crippen molar-refractivity contribution in [3.63, 3.8) is 0 Å². The Bertz CT molecular complexity index is 1360. The van der Waals surface area contributed by atoms with Crippen molar-refractivity contribution < 1.29 is 39.2 Å². The molecule has 1 fully saturated rings. The number of halogens is 1. The molecule has 10 nitrogen and oxygen atoms in total. The summed E-state index contributed by atoms with van der Waals surface area (Å²) in [5, 5.41) is 45.0. The Morgan fingerprint density at radius 3 is 2.39 bits per heavy atom. The normalized spacial score (nSPS) is 29.4. The highest BCUT2D eigenvalue weighted by Gasteiger charge is 2.64. The van der Waals surface area contributed by atoms with E-state index in [2.05, 4.69) is 4.90 Å². The largest absolute Gasteiger partial charge is 0.508 e. The summed E-state index contributed by atoms with van der Waals surface area (Å²) < 4.78 is 16.0. The van der Waals surface area contributed by atoms with Crippen LogP contribution in [0.1, 0.15) is 42.5 Å². The van der Waals surface area contributed by atoms with Gasteiger partial charge in [-0.25, -0.2) is 4.39 Å². The first kappa shape index (κ1) is 26.3. The predicted octanol–water partition coefficient (Wildman–Crippen LogP) is 0.870. The first-order valence-corrected chi connectivity index (χ1v) is 12.7. The minimum atomic E-state index is -2.72. The summed E-state index contributed by atoms with van der Waals surface area (Å²) in [5.74, 6) is -7.94. The smallest absolute Gasteiger partial charge is 0.255 e. The fourth-order valence-corrected chi connectivity index (χ4v) is 6.85. The maximum absolute atomic E-state index is 16.0. The lowest BCUT2D eigenvalue weighted by atomic mass is 9.57. The quantitative estimate of drug-likeness (QED) is 0.357. The van der Waals surface area contributed by atoms with E-state index >= 15 is 4.39 Å². The van der Waals surface area contributed by atoms with E-state index in [1.807, 2.05) is 13.8 Å². The number of hydrogen-bond acceptors (Lipinski definition) is 9. The molecule has 1 amide bonds. The molecule has 1 aromatic rings. The number of aliphatic hydroxyl groups excluding tert-OH is 2. The van der Waals surface area contributed by atoms with Crippen molar-refractivity contribution in [2.45, 2.75) is 57.3 Å². The summed E-state index contributed by atoms with van der Waals surface area (Å²) in [5.41, 5.74) is 2.03. The van der Waals surface area contributed by atoms with E-state index in [1.54, 1.807) is 0 Å². The van der Waals surface area contributed by atoms with Crippen LogP contribution in [0.5, 0.6) is 5.75 Å². The maximum atomic E-state index is 16.0. The second kappa shape index (κ2) is 8.62. The van der Waals surface area contributed by atoms with Gasteiger partial charge in [0.25, 0.3) is 5.91 Å². The molecule has 0 bridgehead atoms. The summed E-state index contributed by atoms with van der Waals surface area (Å²) in [4.78, 5) is 42.6. The van der Waals surface area contributed by atoms with Gasteiger partial charge in [-0.3, -0.25) is 24.2 Å². The SMILES string of the molecule is CC(C)N1CCc2c(O)c3c(c(F)c2C1)C[C@H]1C[C@H]2[C@H](N(C)C)C(=O)C(C(N)=O)=C(O)[C@@]2(O)C(=O)C1=C3O. The number of nitrogens with zero attached hydrogens (tertiary/aromatic N) is 2. The van der Waals surface area contributed by atoms with Gasteiger partial charge >= 0.3 is 0 Å². The number of fused-ring (bicyclic) bond motifs is 4. The van der Waals surface area contributed by atoms with Crippen LogP contribution in [0, 0.1) is 17.7 Å². The van der Waals surface area contributed by atoms with Gasteiger partial charge in [0.05, 0.1) is 11.6 Å². The molecular formula is C27H32FN3O7. The summed E-state index contributed by atoms with van der Waals surface area (Å²) in [6, 6.07) is -1.03. The highest BCUT2D eigenvalue weighted by Crippen LogP contribution is 2.53. The van der Waals surface area contributed by atoms with Gasteiger partial charge in [-0.2, -0.15) is 0 Å². The molecule has 1 saturated carbocycles. The number of carbonyl (C=O) groups is 3. The van der Waals surface area contributed by atoms with Crippen LogP contribution in [0.4, 0.5) is 4.39 Å². The number of hydrogen-bond donors (Lipinski definition) is 5. The Balaban J connectivity index is 1.71. The Morgan fingerprint density at radius 2 is 1.82 bits per heavy atom. The van der Waals surface area contributed by atoms with Crippen LogP contribution >= 0.6 is 0 Å². The second-order valence-corrected chi connectivity index (χ2v) is 11.2. The lowest BCUT2D eigenvalue weighted by Gasteiger charge is -2.50. The molecule has 38 heavy (non-hydrogen) atoms. The van der Waals surface area contributed by atoms with Crippen LogP contribution in [0.3, 0.4) is 0 Å². The first-order valence-electron chi connectivity index (χ1n) is 12.7. The Labute approximate surface area is 218 Å². The van der Waals surface area contributed by atoms with Crippen molar-refractivity contribution in [1.29, 1.82) is 0 Å². The monoisotopic (exact) mass is 529 g/mol. The maximum Gasteiger partial charge on any atom is 0.255 e. The van der Waals surface area contributed by atoms with Crippen LogP contribution in [0.25, 0.3) is 5.76 Å². The minimum Gasteiger partial charge on any atom is -0.508 e. The summed E-state index contributed by atoms with van der Waals surface area (Å²) >= 11 is 0. The summed E-state index contributed by atoms with van der Waals surface area (Å²) in [7, 11) is 3.05. The molecule has 0 radical (unpaired) electrons. The lowest BCUT2D eigenvalue weighted by Crippen LogP contribution is -2.65. The molecule has 11 heteroatoms. The van der Waals surface area contributed by atoms with Crippen molar-refractivity contribution in [3.05, 3.63) is 45.0 Å².